The molecular weight excluding hydrogens is 1830 g/mol. The number of rotatable bonds is 29. The van der Waals surface area contributed by atoms with Gasteiger partial charge in [-0.05, 0) is 153 Å². The van der Waals surface area contributed by atoms with Gasteiger partial charge in [-0.1, -0.05) is 146 Å². The Morgan fingerprint density at radius 3 is 2.19 bits per heavy atom. The number of fused-ring (bicyclic) bond motifs is 6. The first-order valence-electron chi connectivity index (χ1n) is 44.9. The molecule has 17 atom stereocenters. The van der Waals surface area contributed by atoms with Crippen molar-refractivity contribution in [2.45, 2.75) is 240 Å². The minimum atomic E-state index is -1.96. The highest BCUT2D eigenvalue weighted by Crippen LogP contribution is 2.50. The molecule has 10 rings (SSSR count). The maximum atomic E-state index is 15.7. The molecule has 0 aliphatic carbocycles. The number of anilines is 1. The Morgan fingerprint density at radius 1 is 0.828 bits per heavy atom. The number of nitrogens with zero attached hydrogens (tertiary/aromatic N) is 3. The number of allylic oxidation sites excluding steroid dienone is 3. The Hall–Kier alpha value is -10.3. The lowest BCUT2D eigenvalue weighted by Gasteiger charge is -2.42. The lowest BCUT2D eigenvalue weighted by Crippen LogP contribution is -2.64. The number of hydrogen-bond acceptors (Lipinski definition) is 26. The predicted octanol–water partition coefficient (Wildman–Crippen LogP) is 5.98. The van der Waals surface area contributed by atoms with E-state index in [-0.39, 0.29) is 97.5 Å². The van der Waals surface area contributed by atoms with Crippen LogP contribution in [0.4, 0.5) is 15.3 Å². The number of aromatic amines is 1. The summed E-state index contributed by atoms with van der Waals surface area (Å²) in [5.74, 6) is -10.1. The quantitative estimate of drug-likeness (QED) is 0.0113. The van der Waals surface area contributed by atoms with Crippen LogP contribution in [0.1, 0.15) is 135 Å². The summed E-state index contributed by atoms with van der Waals surface area (Å²) in [5, 5.41) is 62.3. The summed E-state index contributed by atoms with van der Waals surface area (Å²) in [4.78, 5) is 200. The number of esters is 1. The monoisotopic (exact) mass is 1950 g/mol. The number of ether oxygens (including phenoxy) is 5. The normalized spacial score (nSPS) is 25.9. The molecule has 0 radical (unpaired) electrons. The van der Waals surface area contributed by atoms with Gasteiger partial charge < -0.3 is 112 Å². The van der Waals surface area contributed by atoms with E-state index in [1.165, 1.54) is 97.8 Å². The molecule has 1 aromatic heterocycles. The molecule has 36 nitrogen and oxygen atoms in total. The fraction of sp³-hybridized carbons (Fsp3) is 0.538. The third-order valence-corrected chi connectivity index (χ3v) is 30.6. The van der Waals surface area contributed by atoms with Gasteiger partial charge in [-0.3, -0.25) is 53.3 Å². The maximum absolute atomic E-state index is 15.7. The number of aliphatic hydroxyl groups excluding tert-OH is 1. The summed E-state index contributed by atoms with van der Waals surface area (Å²) in [6.45, 7) is 14.1. The highest BCUT2D eigenvalue weighted by Gasteiger charge is 2.65. The van der Waals surface area contributed by atoms with Crippen LogP contribution in [0.25, 0.3) is 10.9 Å². The second-order valence-electron chi connectivity index (χ2n) is 35.1. The lowest BCUT2D eigenvalue weighted by atomic mass is 9.83. The van der Waals surface area contributed by atoms with Gasteiger partial charge in [-0.15, -0.1) is 0 Å². The van der Waals surface area contributed by atoms with Crippen molar-refractivity contribution in [2.75, 3.05) is 76.7 Å². The molecule has 4 fully saturated rings. The number of nitrogens with one attached hydrogen (secondary N) is 11. The number of aliphatic hydroxyl groups is 2. The molecule has 4 bridgehead atoms. The van der Waals surface area contributed by atoms with Crippen LogP contribution in [0, 0.1) is 5.92 Å². The molecule has 134 heavy (non-hydrogen) atoms. The van der Waals surface area contributed by atoms with Crippen molar-refractivity contribution >= 4 is 149 Å². The smallest absolute Gasteiger partial charge is 0.409 e. The number of carbonyl (C=O) groups is 13. The number of methoxy groups -OCH3 is 2. The Kier molecular flexibility index (Phi) is 38.6. The zero-order chi connectivity index (χ0) is 97.5. The summed E-state index contributed by atoms with van der Waals surface area (Å²) in [6, 6.07) is 11.0. The topological polar surface area (TPSA) is 504 Å². The highest BCUT2D eigenvalue weighted by atomic mass is 35.5. The number of urea groups is 1. The Morgan fingerprint density at radius 2 is 1.50 bits per heavy atom. The molecule has 13 amide bonds. The average molecular weight is 1950 g/mol. The molecule has 6 heterocycles. The van der Waals surface area contributed by atoms with E-state index in [9.17, 15) is 48.9 Å². The van der Waals surface area contributed by atoms with Crippen LogP contribution in [0.3, 0.4) is 0 Å². The summed E-state index contributed by atoms with van der Waals surface area (Å²) in [6.07, 6.45) is 1.61. The molecule has 0 saturated carbocycles. The van der Waals surface area contributed by atoms with Crippen molar-refractivity contribution in [3.05, 3.63) is 148 Å². The third kappa shape index (κ3) is 28.4. The standard InChI is InChI=1S/C93H126ClN15O21S4/c1-13-96-89(123)103-65(42-56-26-16-14-17-27-56)82(116)101-67-50-132-133-51-68(102-86(120)77(55(5)110)104-80(114)63(30-20-21-37-95)98-83(117)66(46-59-49-97-62-29-19-18-28-61(59)62)100-81(115)64(99-84(67)118)43-57-32-34-60(111)35-33-57)85(119)105-78(87(121)109-38-22-15-23-39-109)91(6,7)134-131-40-36-74(112)107(9)54(4)88(122)129-73-47-75(113)108(10)69-44-58(45-70(126-11)76(69)94)41-52(2)25-24-31-72(127-12)93(125)48-71(128-90(124)106-93)53(3)79-92(73,8)130-79/h14,16-19,24-29,31-35,44-45,49,53-55,63-68,71-73,77-79,97,110-111,125H,13,15,20-23,30,36-43,46-48,50-51,95H2,1-12H3,(H,98,117)(H,99,118)(H,100,115)(H,101,116)(H,102,120)(H,104,114)(H,105,119)(H,106,124)(H2,96,103,123)/b31-24+,52-25+/t53-,54+,55-,63+,64+,65-,66-,67+,68+,71+,72-,73+,77?,78-,79+,92+,93+/m1/s1. The Labute approximate surface area is 800 Å². The fourth-order valence-electron chi connectivity index (χ4n) is 16.4. The first-order valence-corrected chi connectivity index (χ1v) is 50.1. The van der Waals surface area contributed by atoms with Crippen molar-refractivity contribution in [1.29, 1.82) is 0 Å². The van der Waals surface area contributed by atoms with Crippen LogP contribution in [-0.2, 0) is 97.4 Å². The minimum Gasteiger partial charge on any atom is -0.508 e. The van der Waals surface area contributed by atoms with Gasteiger partial charge in [0.15, 0.2) is 5.72 Å². The van der Waals surface area contributed by atoms with E-state index in [1.54, 1.807) is 112 Å². The molecule has 41 heteroatoms. The largest absolute Gasteiger partial charge is 0.508 e. The van der Waals surface area contributed by atoms with E-state index in [1.807, 2.05) is 25.1 Å². The molecule has 5 aromatic rings. The number of aromatic hydroxyl groups is 1. The number of nitrogens with two attached hydrogens (primary N) is 1. The number of piperidine rings is 1. The first-order chi connectivity index (χ1) is 63.8. The number of amides is 13. The van der Waals surface area contributed by atoms with Crippen LogP contribution in [-0.4, -0.2) is 280 Å². The number of likely N-dealkylation sites (N-methyl/N-ethyl adjacent to an activating group) is 1. The number of phenols is 1. The number of hydrogen-bond donors (Lipinski definition) is 15. The number of epoxide rings is 1. The van der Waals surface area contributed by atoms with Gasteiger partial charge in [0.05, 0.1) is 31.4 Å². The number of aromatic nitrogens is 1. The van der Waals surface area contributed by atoms with Crippen molar-refractivity contribution in [3.63, 3.8) is 0 Å². The van der Waals surface area contributed by atoms with E-state index in [4.69, 9.17) is 41.0 Å². The van der Waals surface area contributed by atoms with Crippen LogP contribution < -0.4 is 68.5 Å². The van der Waals surface area contributed by atoms with Crippen LogP contribution >= 0.6 is 54.8 Å². The lowest BCUT2D eigenvalue weighted by molar-refractivity contribution is -0.162. The van der Waals surface area contributed by atoms with E-state index >= 15 is 28.8 Å². The number of alkyl carbamates (subject to hydrolysis) is 1. The molecule has 5 aliphatic rings. The van der Waals surface area contributed by atoms with Gasteiger partial charge in [0.25, 0.3) is 0 Å². The molecule has 1 unspecified atom stereocenters. The zero-order valence-electron chi connectivity index (χ0n) is 77.4. The summed E-state index contributed by atoms with van der Waals surface area (Å²) < 4.78 is 28.7. The van der Waals surface area contributed by atoms with Gasteiger partial charge in [-0.2, -0.15) is 0 Å². The number of para-hydroxylation sites is 1. The van der Waals surface area contributed by atoms with Gasteiger partial charge in [0.2, 0.25) is 59.1 Å². The van der Waals surface area contributed by atoms with Gasteiger partial charge in [-0.25, -0.2) is 14.4 Å². The van der Waals surface area contributed by atoms with Crippen molar-refractivity contribution in [3.8, 4) is 11.5 Å². The van der Waals surface area contributed by atoms with E-state index < -0.39 is 190 Å². The summed E-state index contributed by atoms with van der Waals surface area (Å²) in [7, 11) is 10.0. The highest BCUT2D eigenvalue weighted by molar-refractivity contribution is 8.77. The number of H-pyrrole nitrogens is 1. The van der Waals surface area contributed by atoms with Gasteiger partial charge in [0, 0.05) is 118 Å². The number of benzene rings is 4. The maximum Gasteiger partial charge on any atom is 0.409 e. The van der Waals surface area contributed by atoms with E-state index in [2.05, 4.69) is 58.2 Å². The number of halogens is 1. The van der Waals surface area contributed by atoms with E-state index in [0.717, 1.165) is 33.6 Å². The molecular formula is C93H126ClN15O21S4. The van der Waals surface area contributed by atoms with Crippen LogP contribution in [0.5, 0.6) is 11.5 Å². The predicted molar refractivity (Wildman–Crippen MR) is 513 cm³/mol. The minimum absolute atomic E-state index is 0.0560. The van der Waals surface area contributed by atoms with Crippen LogP contribution in [0.2, 0.25) is 5.02 Å². The van der Waals surface area contributed by atoms with Gasteiger partial charge in [0.1, 0.15) is 94.8 Å². The fourth-order valence-corrected chi connectivity index (χ4v) is 21.7. The zero-order valence-corrected chi connectivity index (χ0v) is 81.4. The number of phenolic OH excluding ortho intramolecular Hbond substituents is 1. The number of unbranched alkanes of at least 4 members (excludes halogenated alkanes) is 1. The summed E-state index contributed by atoms with van der Waals surface area (Å²) >= 11 is 6.94. The second-order valence-corrected chi connectivity index (χ2v) is 41.1. The van der Waals surface area contributed by atoms with E-state index in [0.29, 0.717) is 71.9 Å². The molecule has 4 saturated heterocycles. The molecule has 730 valence electrons. The first kappa shape index (κ1) is 106. The Bertz CT molecular complexity index is 5050. The average Bonchev–Trinajstić information content (AvgIpc) is 1.57. The SMILES string of the molecule is CCNC(=O)N[C@H](Cc1ccccc1)C(=O)N[C@H]1CSSC[C@@H](C(=O)N[C@H](C(=O)N2CCCCC2)C(C)(C)SSCCC(=O)N(C)[C@@H](C)C(=O)O[C@H]2CC(=O)N(C)c3cc(cc(OC)c3Cl)C/C(C)=C/C=C/[C@@H](OC)[C@@]3(O)C[C@H](OC(=O)N3)[C@@H](C)[C@@H]3O[C@@]23C)NC(=O)C([C@@H](C)O)NC(=O)[C@H](CCCCN)NC(=O)[C@@H](Cc2c[nH]c3ccccc23)NC(=O)[C@H](Cc2ccc(O)cc2)NC1=O. The summed E-state index contributed by atoms with van der Waals surface area (Å²) in [5.41, 5.74) is 6.76. The van der Waals surface area contributed by atoms with Gasteiger partial charge >= 0.3 is 18.1 Å². The van der Waals surface area contributed by atoms with Crippen molar-refractivity contribution < 1.29 is 101 Å². The molecule has 4 aromatic carbocycles. The second kappa shape index (κ2) is 48.9. The Balaban J connectivity index is 0.914. The molecule has 5 aliphatic heterocycles. The van der Waals surface area contributed by atoms with Crippen LogP contribution in [0.15, 0.2) is 121 Å². The van der Waals surface area contributed by atoms with Crippen molar-refractivity contribution in [2.24, 2.45) is 11.7 Å². The molecule has 0 spiro atoms. The molecule has 16 N–H and O–H groups in total. The van der Waals surface area contributed by atoms with Crippen molar-refractivity contribution in [1.82, 2.24) is 68.0 Å². The number of carbonyl (C=O) groups excluding carboxylic acids is 13. The number of likely N-dealkylation sites (tertiary alicyclic amines) is 1. The third-order valence-electron chi connectivity index (χ3n) is 24.5.